The van der Waals surface area contributed by atoms with E-state index in [-0.39, 0.29) is 81.2 Å². The maximum atomic E-state index is 13.7. The first kappa shape index (κ1) is 50.4. The minimum absolute atomic E-state index is 0.0552. The fourth-order valence-electron chi connectivity index (χ4n) is 6.89. The Hall–Kier alpha value is -6.56. The molecule has 1 saturated heterocycles. The quantitative estimate of drug-likeness (QED) is 0.0149. The molecule has 66 heavy (non-hydrogen) atoms. The van der Waals surface area contributed by atoms with E-state index in [1.807, 2.05) is 30.3 Å². The number of aliphatic hydroxyl groups is 2. The second-order valence-electron chi connectivity index (χ2n) is 14.9. The minimum atomic E-state index is -1.21. The Morgan fingerprint density at radius 2 is 1.61 bits per heavy atom. The van der Waals surface area contributed by atoms with E-state index < -0.39 is 36.4 Å². The molecule has 0 unspecified atom stereocenters. The number of piperidine rings is 1. The number of aromatic amines is 1. The van der Waals surface area contributed by atoms with E-state index in [0.29, 0.717) is 75.4 Å². The highest BCUT2D eigenvalue weighted by molar-refractivity contribution is 6.45. The Labute approximate surface area is 381 Å². The molecule has 352 valence electrons. The van der Waals surface area contributed by atoms with Crippen molar-refractivity contribution in [2.75, 3.05) is 106 Å². The smallest absolute Gasteiger partial charge is 0.295 e. The van der Waals surface area contributed by atoms with Crippen LogP contribution < -0.4 is 20.7 Å². The zero-order chi connectivity index (χ0) is 47.2. The average molecular weight is 913 g/mol. The number of rotatable bonds is 28. The van der Waals surface area contributed by atoms with Gasteiger partial charge in [0.2, 0.25) is 11.7 Å². The Morgan fingerprint density at radius 1 is 0.924 bits per heavy atom. The van der Waals surface area contributed by atoms with Gasteiger partial charge in [-0.2, -0.15) is 9.94 Å². The lowest BCUT2D eigenvalue weighted by atomic mass is 9.93. The number of benzene rings is 1. The highest BCUT2D eigenvalue weighted by atomic mass is 16.6. The summed E-state index contributed by atoms with van der Waals surface area (Å²) in [6.45, 7) is 2.64. The van der Waals surface area contributed by atoms with Gasteiger partial charge in [-0.05, 0) is 36.9 Å². The van der Waals surface area contributed by atoms with Crippen molar-refractivity contribution < 1.29 is 53.1 Å². The summed E-state index contributed by atoms with van der Waals surface area (Å²) in [5.41, 5.74) is 1.51. The van der Waals surface area contributed by atoms with Crippen LogP contribution in [0.2, 0.25) is 0 Å². The number of carbonyl (C=O) groups is 4. The minimum Gasteiger partial charge on any atom is -0.494 e. The molecule has 0 atom stereocenters. The SMILES string of the molecule is C#CCOCCOCCOCCOCCC(=O)NCC(CO)(CO)NCCCNC(=O)c1ncn(-c2ncc(OC)c3c(C(=O)C(=O)N4CCC(=C(C#N)c5ccccc5)CC4)c[nH]c23)n1. The van der Waals surface area contributed by atoms with Gasteiger partial charge < -0.3 is 59.7 Å². The van der Waals surface area contributed by atoms with Crippen LogP contribution >= 0.6 is 0 Å². The number of methoxy groups -OCH3 is 1. The van der Waals surface area contributed by atoms with Gasteiger partial charge in [0.15, 0.2) is 5.82 Å². The summed E-state index contributed by atoms with van der Waals surface area (Å²) in [6.07, 6.45) is 10.5. The fraction of sp³-hybridized carbons (Fsp3) is 0.467. The number of Topliss-reactive ketones (excluding diaryl/α,β-unsaturated/α-hetero) is 1. The number of aliphatic hydroxyl groups excluding tert-OH is 2. The predicted octanol–water partition coefficient (Wildman–Crippen LogP) is 0.573. The van der Waals surface area contributed by atoms with Crippen molar-refractivity contribution in [2.24, 2.45) is 0 Å². The molecule has 1 aromatic carbocycles. The van der Waals surface area contributed by atoms with E-state index in [0.717, 1.165) is 11.1 Å². The molecule has 6 N–H and O–H groups in total. The van der Waals surface area contributed by atoms with Gasteiger partial charge in [-0.25, -0.2) is 9.97 Å². The number of carbonyl (C=O) groups excluding carboxylic acids is 4. The van der Waals surface area contributed by atoms with Crippen LogP contribution in [0.4, 0.5) is 0 Å². The molecule has 21 heteroatoms. The van der Waals surface area contributed by atoms with Crippen LogP contribution in [0, 0.1) is 23.7 Å². The van der Waals surface area contributed by atoms with E-state index in [2.05, 4.69) is 48.0 Å². The molecule has 4 heterocycles. The van der Waals surface area contributed by atoms with Gasteiger partial charge in [-0.1, -0.05) is 36.3 Å². The number of fused-ring (bicyclic) bond motifs is 1. The number of hydrogen-bond acceptors (Lipinski definition) is 16. The first-order valence-electron chi connectivity index (χ1n) is 21.4. The maximum Gasteiger partial charge on any atom is 0.295 e. The third-order valence-corrected chi connectivity index (χ3v) is 10.6. The second kappa shape index (κ2) is 26.4. The Kier molecular flexibility index (Phi) is 20.2. The van der Waals surface area contributed by atoms with Crippen LogP contribution in [-0.2, 0) is 28.5 Å². The molecule has 1 aliphatic heterocycles. The molecule has 1 fully saturated rings. The van der Waals surface area contributed by atoms with Gasteiger partial charge in [-0.3, -0.25) is 19.2 Å². The fourth-order valence-corrected chi connectivity index (χ4v) is 6.89. The highest BCUT2D eigenvalue weighted by Gasteiger charge is 2.31. The monoisotopic (exact) mass is 912 g/mol. The van der Waals surface area contributed by atoms with Crippen molar-refractivity contribution in [3.63, 3.8) is 0 Å². The van der Waals surface area contributed by atoms with E-state index in [1.54, 1.807) is 0 Å². The van der Waals surface area contributed by atoms with E-state index >= 15 is 0 Å². The van der Waals surface area contributed by atoms with Gasteiger partial charge in [0.1, 0.15) is 18.7 Å². The maximum absolute atomic E-state index is 13.7. The summed E-state index contributed by atoms with van der Waals surface area (Å²) in [6, 6.07) is 11.6. The standard InChI is InChI=1S/C45H56N10O11/c1-3-17-63-19-21-65-23-24-66-22-20-64-18-12-37(58)50-28-45(29-56,30-57)52-14-7-13-47-43(60)41-51-31-55(53-41)42-39-38(36(62-2)27-49-42)35(26-48-39)40(59)44(61)54-15-10-33(11-16-54)34(25-46)32-8-5-4-6-9-32/h1,4-6,8-9,26-27,31,48,52,56-57H,7,10-24,28-30H2,2H3,(H,47,60)(H,50,58). The molecular weight excluding hydrogens is 857 g/mol. The van der Waals surface area contributed by atoms with Crippen molar-refractivity contribution in [1.82, 2.24) is 45.6 Å². The number of nitrogens with zero attached hydrogens (tertiary/aromatic N) is 6. The number of hydrogen-bond donors (Lipinski definition) is 6. The molecule has 0 bridgehead atoms. The average Bonchev–Trinajstić information content (AvgIpc) is 4.03. The zero-order valence-corrected chi connectivity index (χ0v) is 36.9. The lowest BCUT2D eigenvalue weighted by molar-refractivity contribution is -0.127. The van der Waals surface area contributed by atoms with E-state index in [9.17, 15) is 34.7 Å². The van der Waals surface area contributed by atoms with Crippen LogP contribution in [0.15, 0.2) is 54.6 Å². The van der Waals surface area contributed by atoms with Gasteiger partial charge in [0.25, 0.3) is 17.6 Å². The Morgan fingerprint density at radius 3 is 2.26 bits per heavy atom. The van der Waals surface area contributed by atoms with Gasteiger partial charge in [0.05, 0.1) is 106 Å². The van der Waals surface area contributed by atoms with Crippen LogP contribution in [0.5, 0.6) is 5.75 Å². The van der Waals surface area contributed by atoms with Crippen LogP contribution in [-0.4, -0.2) is 175 Å². The number of nitriles is 1. The lowest BCUT2D eigenvalue weighted by Crippen LogP contribution is -2.59. The number of likely N-dealkylation sites (tertiary alicyclic amines) is 1. The van der Waals surface area contributed by atoms with E-state index in [4.69, 9.17) is 30.1 Å². The summed E-state index contributed by atoms with van der Waals surface area (Å²) in [4.78, 5) is 65.8. The third-order valence-electron chi connectivity index (χ3n) is 10.6. The number of amides is 3. The van der Waals surface area contributed by atoms with Crippen molar-refractivity contribution >= 4 is 40.0 Å². The molecule has 0 aliphatic carbocycles. The number of H-pyrrole nitrogens is 1. The third kappa shape index (κ3) is 14.0. The highest BCUT2D eigenvalue weighted by Crippen LogP contribution is 2.33. The lowest BCUT2D eigenvalue weighted by Gasteiger charge is -2.31. The second-order valence-corrected chi connectivity index (χ2v) is 14.9. The number of pyridine rings is 1. The first-order valence-corrected chi connectivity index (χ1v) is 21.4. The molecule has 3 amide bonds. The number of aromatic nitrogens is 5. The number of nitrogens with one attached hydrogen (secondary N) is 4. The van der Waals surface area contributed by atoms with E-state index in [1.165, 1.54) is 35.4 Å². The molecular formula is C45H56N10O11. The van der Waals surface area contributed by atoms with Crippen LogP contribution in [0.1, 0.15) is 52.2 Å². The molecule has 0 saturated carbocycles. The van der Waals surface area contributed by atoms with Gasteiger partial charge in [-0.15, -0.1) is 11.5 Å². The van der Waals surface area contributed by atoms with Gasteiger partial charge in [0, 0.05) is 38.8 Å². The number of ketones is 1. The summed E-state index contributed by atoms with van der Waals surface area (Å²) in [5, 5.41) is 43.1. The van der Waals surface area contributed by atoms with Crippen molar-refractivity contribution in [3.05, 3.63) is 71.6 Å². The zero-order valence-electron chi connectivity index (χ0n) is 36.9. The van der Waals surface area contributed by atoms with Crippen LogP contribution in [0.25, 0.3) is 22.3 Å². The summed E-state index contributed by atoms with van der Waals surface area (Å²) < 4.78 is 28.1. The normalized spacial score (nSPS) is 12.7. The van der Waals surface area contributed by atoms with Crippen molar-refractivity contribution in [2.45, 2.75) is 31.2 Å². The topological polar surface area (TPSA) is 277 Å². The molecule has 21 nitrogen and oxygen atoms in total. The van der Waals surface area contributed by atoms with Crippen molar-refractivity contribution in [1.29, 1.82) is 5.26 Å². The summed E-state index contributed by atoms with van der Waals surface area (Å²) in [7, 11) is 1.41. The number of allylic oxidation sites excluding steroid dienone is 1. The first-order chi connectivity index (χ1) is 32.2. The molecule has 0 spiro atoms. The largest absolute Gasteiger partial charge is 0.494 e. The molecule has 5 rings (SSSR count). The Bertz CT molecular complexity index is 2340. The number of terminal acetylenes is 1. The van der Waals surface area contributed by atoms with Gasteiger partial charge >= 0.3 is 0 Å². The predicted molar refractivity (Wildman–Crippen MR) is 238 cm³/mol. The summed E-state index contributed by atoms with van der Waals surface area (Å²) >= 11 is 0. The van der Waals surface area contributed by atoms with Crippen LogP contribution in [0.3, 0.4) is 0 Å². The number of ether oxygens (including phenoxy) is 5. The molecule has 4 aromatic rings. The molecule has 3 aromatic heterocycles. The Balaban J connectivity index is 1.05. The molecule has 0 radical (unpaired) electrons. The van der Waals surface area contributed by atoms with Crippen molar-refractivity contribution in [3.8, 4) is 30.0 Å². The molecule has 1 aliphatic rings. The summed E-state index contributed by atoms with van der Waals surface area (Å²) in [5.74, 6) is 0.279.